The van der Waals surface area contributed by atoms with Crippen molar-refractivity contribution in [2.75, 3.05) is 19.1 Å². The molecule has 114 valence electrons. The quantitative estimate of drug-likeness (QED) is 0.633. The number of benzene rings is 1. The first-order valence-corrected chi connectivity index (χ1v) is 7.44. The summed E-state index contributed by atoms with van der Waals surface area (Å²) in [5.74, 6) is 0.989. The molecule has 2 amide bonds. The molecule has 3 aliphatic rings. The molecule has 2 aliphatic carbocycles. The standard InChI is InChI=1S/C17H17NO4/c1-21-12-6-5-11(8-13(12)22-2)18-16(19)14-9-3-4-10(7-9)15(14)17(18)20/h3-6,8-10,14-15H,7H2,1-2H3/t9-,10-,14+,15+/m0/s1. The molecule has 0 N–H and O–H groups in total. The van der Waals surface area contributed by atoms with Gasteiger partial charge in [0.25, 0.3) is 0 Å². The number of hydrogen-bond acceptors (Lipinski definition) is 4. The molecule has 2 bridgehead atoms. The fraction of sp³-hybridized carbons (Fsp3) is 0.412. The molecule has 0 spiro atoms. The van der Waals surface area contributed by atoms with Gasteiger partial charge in [-0.05, 0) is 30.4 Å². The summed E-state index contributed by atoms with van der Waals surface area (Å²) in [6.45, 7) is 0. The predicted octanol–water partition coefficient (Wildman–Crippen LogP) is 2.02. The molecule has 1 saturated heterocycles. The molecule has 22 heavy (non-hydrogen) atoms. The van der Waals surface area contributed by atoms with Crippen molar-refractivity contribution in [1.29, 1.82) is 0 Å². The lowest BCUT2D eigenvalue weighted by molar-refractivity contribution is -0.123. The largest absolute Gasteiger partial charge is 0.493 e. The Hall–Kier alpha value is -2.30. The van der Waals surface area contributed by atoms with E-state index in [1.165, 1.54) is 12.0 Å². The fourth-order valence-electron chi connectivity index (χ4n) is 4.12. The second-order valence-corrected chi connectivity index (χ2v) is 6.05. The zero-order valence-electron chi connectivity index (χ0n) is 12.5. The van der Waals surface area contributed by atoms with Gasteiger partial charge < -0.3 is 9.47 Å². The van der Waals surface area contributed by atoms with Crippen molar-refractivity contribution in [2.45, 2.75) is 6.42 Å². The van der Waals surface area contributed by atoms with Crippen molar-refractivity contribution in [2.24, 2.45) is 23.7 Å². The van der Waals surface area contributed by atoms with E-state index in [9.17, 15) is 9.59 Å². The molecule has 2 fully saturated rings. The summed E-state index contributed by atoms with van der Waals surface area (Å²) in [7, 11) is 3.09. The van der Waals surface area contributed by atoms with Crippen molar-refractivity contribution in [3.05, 3.63) is 30.4 Å². The molecule has 0 unspecified atom stereocenters. The van der Waals surface area contributed by atoms with Gasteiger partial charge in [-0.3, -0.25) is 9.59 Å². The van der Waals surface area contributed by atoms with Gasteiger partial charge in [-0.25, -0.2) is 4.90 Å². The summed E-state index contributed by atoms with van der Waals surface area (Å²) in [5, 5.41) is 0. The molecule has 1 saturated carbocycles. The Bertz CT molecular complexity index is 666. The normalized spacial score (nSPS) is 31.8. The molecule has 5 nitrogen and oxygen atoms in total. The third-order valence-electron chi connectivity index (χ3n) is 5.10. The van der Waals surface area contributed by atoms with Crippen LogP contribution in [0.25, 0.3) is 0 Å². The van der Waals surface area contributed by atoms with Gasteiger partial charge in [0.2, 0.25) is 11.8 Å². The van der Waals surface area contributed by atoms with Gasteiger partial charge in [0, 0.05) is 6.07 Å². The summed E-state index contributed by atoms with van der Waals surface area (Å²) in [4.78, 5) is 26.8. The number of carbonyl (C=O) groups is 2. The van der Waals surface area contributed by atoms with Crippen molar-refractivity contribution in [3.63, 3.8) is 0 Å². The highest BCUT2D eigenvalue weighted by Gasteiger charge is 2.59. The van der Waals surface area contributed by atoms with Crippen LogP contribution in [0, 0.1) is 23.7 Å². The average Bonchev–Trinajstić information content (AvgIpc) is 3.21. The summed E-state index contributed by atoms with van der Waals surface area (Å²) in [5.41, 5.74) is 0.557. The van der Waals surface area contributed by atoms with E-state index in [-0.39, 0.29) is 35.5 Å². The molecular weight excluding hydrogens is 282 g/mol. The number of allylic oxidation sites excluding steroid dienone is 2. The van der Waals surface area contributed by atoms with Crippen LogP contribution in [-0.2, 0) is 9.59 Å². The van der Waals surface area contributed by atoms with Crippen LogP contribution in [0.2, 0.25) is 0 Å². The first-order valence-electron chi connectivity index (χ1n) is 7.44. The van der Waals surface area contributed by atoms with Crippen LogP contribution in [0.5, 0.6) is 11.5 Å². The Labute approximate surface area is 128 Å². The average molecular weight is 299 g/mol. The number of nitrogens with zero attached hydrogens (tertiary/aromatic N) is 1. The van der Waals surface area contributed by atoms with Crippen LogP contribution < -0.4 is 14.4 Å². The minimum absolute atomic E-state index is 0.0842. The first-order chi connectivity index (χ1) is 10.7. The van der Waals surface area contributed by atoms with Gasteiger partial charge in [-0.15, -0.1) is 0 Å². The van der Waals surface area contributed by atoms with Crippen molar-refractivity contribution < 1.29 is 19.1 Å². The van der Waals surface area contributed by atoms with E-state index in [0.29, 0.717) is 17.2 Å². The van der Waals surface area contributed by atoms with E-state index in [1.807, 2.05) is 0 Å². The molecule has 5 heteroatoms. The fourth-order valence-corrected chi connectivity index (χ4v) is 4.12. The molecule has 4 atom stereocenters. The summed E-state index contributed by atoms with van der Waals surface area (Å²) in [6, 6.07) is 5.13. The van der Waals surface area contributed by atoms with Crippen molar-refractivity contribution in [1.82, 2.24) is 0 Å². The second-order valence-electron chi connectivity index (χ2n) is 6.05. The van der Waals surface area contributed by atoms with E-state index in [0.717, 1.165) is 6.42 Å². The van der Waals surface area contributed by atoms with Crippen LogP contribution in [0.4, 0.5) is 5.69 Å². The van der Waals surface area contributed by atoms with E-state index in [1.54, 1.807) is 25.3 Å². The van der Waals surface area contributed by atoms with Gasteiger partial charge in [-0.2, -0.15) is 0 Å². The Morgan fingerprint density at radius 2 is 1.55 bits per heavy atom. The van der Waals surface area contributed by atoms with Crippen LogP contribution >= 0.6 is 0 Å². The third kappa shape index (κ3) is 1.59. The van der Waals surface area contributed by atoms with Crippen molar-refractivity contribution in [3.8, 4) is 11.5 Å². The highest BCUT2D eigenvalue weighted by molar-refractivity contribution is 6.22. The number of fused-ring (bicyclic) bond motifs is 5. The van der Waals surface area contributed by atoms with Crippen LogP contribution in [0.1, 0.15) is 6.42 Å². The highest BCUT2D eigenvalue weighted by atomic mass is 16.5. The Morgan fingerprint density at radius 1 is 0.955 bits per heavy atom. The number of anilines is 1. The smallest absolute Gasteiger partial charge is 0.238 e. The van der Waals surface area contributed by atoms with Crippen LogP contribution in [0.3, 0.4) is 0 Å². The number of amides is 2. The van der Waals surface area contributed by atoms with Crippen molar-refractivity contribution >= 4 is 17.5 Å². The molecular formula is C17H17NO4. The lowest BCUT2D eigenvalue weighted by Crippen LogP contribution is -2.32. The monoisotopic (exact) mass is 299 g/mol. The minimum atomic E-state index is -0.185. The highest BCUT2D eigenvalue weighted by Crippen LogP contribution is 2.53. The van der Waals surface area contributed by atoms with E-state index in [2.05, 4.69) is 12.2 Å². The number of imide groups is 1. The topological polar surface area (TPSA) is 55.8 Å². The van der Waals surface area contributed by atoms with Crippen LogP contribution in [-0.4, -0.2) is 26.0 Å². The van der Waals surface area contributed by atoms with Gasteiger partial charge in [0.15, 0.2) is 11.5 Å². The molecule has 1 heterocycles. The number of carbonyl (C=O) groups excluding carboxylic acids is 2. The van der Waals surface area contributed by atoms with Crippen LogP contribution in [0.15, 0.2) is 30.4 Å². The van der Waals surface area contributed by atoms with E-state index < -0.39 is 0 Å². The number of rotatable bonds is 3. The minimum Gasteiger partial charge on any atom is -0.493 e. The zero-order chi connectivity index (χ0) is 15.4. The Balaban J connectivity index is 1.72. The first kappa shape index (κ1) is 13.4. The summed E-state index contributed by atoms with van der Waals surface area (Å²) >= 11 is 0. The molecule has 4 rings (SSSR count). The maximum absolute atomic E-state index is 12.7. The molecule has 0 aromatic heterocycles. The Kier molecular flexibility index (Phi) is 2.79. The summed E-state index contributed by atoms with van der Waals surface area (Å²) in [6.07, 6.45) is 5.12. The maximum atomic E-state index is 12.7. The number of ether oxygens (including phenoxy) is 2. The van der Waals surface area contributed by atoms with Gasteiger partial charge in [0.1, 0.15) is 0 Å². The molecule has 1 aromatic carbocycles. The SMILES string of the molecule is COc1ccc(N2C(=O)[C@H]3[C@H](C2=O)[C@H]2C=C[C@H]3C2)cc1OC. The lowest BCUT2D eigenvalue weighted by atomic mass is 9.85. The second kappa shape index (κ2) is 4.60. The van der Waals surface area contributed by atoms with E-state index in [4.69, 9.17) is 9.47 Å². The molecule has 0 radical (unpaired) electrons. The maximum Gasteiger partial charge on any atom is 0.238 e. The number of methoxy groups -OCH3 is 2. The molecule has 1 aliphatic heterocycles. The van der Waals surface area contributed by atoms with Gasteiger partial charge >= 0.3 is 0 Å². The molecule has 1 aromatic rings. The number of hydrogen-bond donors (Lipinski definition) is 0. The Morgan fingerprint density at radius 3 is 2.09 bits per heavy atom. The lowest BCUT2D eigenvalue weighted by Gasteiger charge is -2.18. The van der Waals surface area contributed by atoms with E-state index >= 15 is 0 Å². The third-order valence-corrected chi connectivity index (χ3v) is 5.10. The summed E-state index contributed by atoms with van der Waals surface area (Å²) < 4.78 is 10.5. The predicted molar refractivity (Wildman–Crippen MR) is 79.8 cm³/mol. The van der Waals surface area contributed by atoms with Gasteiger partial charge in [-0.1, -0.05) is 12.2 Å². The zero-order valence-corrected chi connectivity index (χ0v) is 12.5. The van der Waals surface area contributed by atoms with Gasteiger partial charge in [0.05, 0.1) is 31.7 Å².